The van der Waals surface area contributed by atoms with Crippen LogP contribution in [0.5, 0.6) is 0 Å². The molecule has 5 N–H and O–H groups in total. The maximum absolute atomic E-state index is 14.1. The van der Waals surface area contributed by atoms with Crippen molar-refractivity contribution in [2.24, 2.45) is 0 Å². The number of aromatic nitrogens is 4. The van der Waals surface area contributed by atoms with Gasteiger partial charge in [-0.2, -0.15) is 18.4 Å². The number of benzene rings is 1. The molecule has 0 aliphatic heterocycles. The molecule has 0 aliphatic carbocycles. The van der Waals surface area contributed by atoms with Crippen molar-refractivity contribution in [1.82, 2.24) is 29.7 Å². The van der Waals surface area contributed by atoms with E-state index in [4.69, 9.17) is 15.7 Å². The number of rotatable bonds is 11. The molecule has 12 nitrogen and oxygen atoms in total. The highest BCUT2D eigenvalue weighted by molar-refractivity contribution is 7.59. The van der Waals surface area contributed by atoms with Gasteiger partial charge in [0.15, 0.2) is 11.5 Å². The summed E-state index contributed by atoms with van der Waals surface area (Å²) in [6.07, 6.45) is -3.73. The van der Waals surface area contributed by atoms with Gasteiger partial charge in [0.2, 0.25) is 7.44 Å². The molecule has 0 bridgehead atoms. The lowest BCUT2D eigenvalue weighted by atomic mass is 10.1. The number of nitrogens with one attached hydrogen (secondary N) is 2. The van der Waals surface area contributed by atoms with Crippen LogP contribution in [0.2, 0.25) is 0 Å². The third-order valence-electron chi connectivity index (χ3n) is 5.46. The predicted molar refractivity (Wildman–Crippen MR) is 131 cm³/mol. The Hall–Kier alpha value is -3.57. The van der Waals surface area contributed by atoms with E-state index in [1.165, 1.54) is 38.6 Å². The minimum atomic E-state index is -4.92. The molecule has 0 saturated carbocycles. The van der Waals surface area contributed by atoms with E-state index >= 15 is 0 Å². The number of hydrogen-bond acceptors (Lipinski definition) is 8. The normalized spacial score (nSPS) is 15.5. The fourth-order valence-corrected chi connectivity index (χ4v) is 5.87. The lowest BCUT2D eigenvalue weighted by Crippen LogP contribution is -2.49. The Balaban J connectivity index is 1.86. The Bertz CT molecular complexity index is 1390. The van der Waals surface area contributed by atoms with Crippen molar-refractivity contribution in [3.8, 4) is 6.07 Å². The quantitative estimate of drug-likeness (QED) is 0.256. The minimum absolute atomic E-state index is 0.119. The number of halogens is 3. The van der Waals surface area contributed by atoms with Crippen molar-refractivity contribution in [3.63, 3.8) is 0 Å². The number of carbonyl (C=O) groups is 1. The summed E-state index contributed by atoms with van der Waals surface area (Å²) in [5.74, 6) is -1.27. The van der Waals surface area contributed by atoms with Crippen LogP contribution in [0, 0.1) is 11.3 Å². The van der Waals surface area contributed by atoms with E-state index in [2.05, 4.69) is 25.1 Å². The molecule has 16 heteroatoms. The van der Waals surface area contributed by atoms with Gasteiger partial charge in [-0.3, -0.25) is 9.36 Å². The van der Waals surface area contributed by atoms with Gasteiger partial charge in [-0.15, -0.1) is 0 Å². The number of carboxylic acid groups (broad SMARTS) is 1. The van der Waals surface area contributed by atoms with Gasteiger partial charge in [0.1, 0.15) is 29.8 Å². The molecule has 3 aromatic rings. The maximum Gasteiger partial charge on any atom is 0.408 e. The van der Waals surface area contributed by atoms with Crippen LogP contribution in [0.15, 0.2) is 36.9 Å². The van der Waals surface area contributed by atoms with Crippen molar-refractivity contribution in [2.75, 3.05) is 12.1 Å². The lowest BCUT2D eigenvalue weighted by Gasteiger charge is -2.33. The Morgan fingerprint density at radius 2 is 1.92 bits per heavy atom. The van der Waals surface area contributed by atoms with Crippen LogP contribution >= 0.6 is 7.44 Å². The molecule has 0 fully saturated rings. The summed E-state index contributed by atoms with van der Waals surface area (Å²) in [5, 5.41) is 22.9. The molecule has 3 atom stereocenters. The maximum atomic E-state index is 14.1. The zero-order chi connectivity index (χ0) is 28.3. The number of nitriles is 1. The molecule has 3 rings (SSSR count). The SMILES string of the molecule is C[C@H](Cn1cnc2c(N)ncnc21)OC[P@@](=O)(N[C@@H](c1ccc(C#N)cc1)C(F)(F)F)NC(C)(C)C(=O)O. The first-order valence-corrected chi connectivity index (χ1v) is 13.0. The standard InChI is InChI=1S/C22H26F3N8O4P/c1-13(9-33-11-30-16-18(27)28-10-29-19(16)33)37-12-38(36,32-21(2,3)20(34)35)31-17(22(23,24)25)15-6-4-14(8-26)5-7-15/h4-7,10-11,13,17H,9,12H2,1-3H3,(H,34,35)(H2,27,28,29)(H2,31,32,36)/t13-,17+,38-/m1/s1. The van der Waals surface area contributed by atoms with Gasteiger partial charge in [-0.05, 0) is 38.5 Å². The summed E-state index contributed by atoms with van der Waals surface area (Å²) in [6, 6.07) is 3.91. The van der Waals surface area contributed by atoms with Gasteiger partial charge in [-0.25, -0.2) is 25.1 Å². The monoisotopic (exact) mass is 554 g/mol. The number of fused-ring (bicyclic) bond motifs is 1. The number of ether oxygens (including phenoxy) is 1. The van der Waals surface area contributed by atoms with Crippen molar-refractivity contribution in [1.29, 1.82) is 5.26 Å². The molecule has 2 heterocycles. The molecule has 0 radical (unpaired) electrons. The Morgan fingerprint density at radius 1 is 1.26 bits per heavy atom. The number of nitrogens with zero attached hydrogens (tertiary/aromatic N) is 5. The molecule has 0 amide bonds. The Kier molecular flexibility index (Phi) is 8.42. The number of anilines is 1. The van der Waals surface area contributed by atoms with Crippen LogP contribution in [-0.4, -0.2) is 54.8 Å². The van der Waals surface area contributed by atoms with Crippen LogP contribution < -0.4 is 15.9 Å². The van der Waals surface area contributed by atoms with Gasteiger partial charge in [0, 0.05) is 0 Å². The van der Waals surface area contributed by atoms with Gasteiger partial charge in [0.05, 0.1) is 30.6 Å². The summed E-state index contributed by atoms with van der Waals surface area (Å²) in [4.78, 5) is 23.8. The topological polar surface area (TPSA) is 181 Å². The zero-order valence-corrected chi connectivity index (χ0v) is 21.5. The molecular weight excluding hydrogens is 528 g/mol. The second-order valence-corrected chi connectivity index (χ2v) is 11.3. The van der Waals surface area contributed by atoms with Crippen LogP contribution in [0.3, 0.4) is 0 Å². The van der Waals surface area contributed by atoms with E-state index < -0.39 is 43.6 Å². The largest absolute Gasteiger partial charge is 0.480 e. The molecular formula is C22H26F3N8O4P. The second kappa shape index (κ2) is 11.0. The van der Waals surface area contributed by atoms with E-state index in [9.17, 15) is 27.6 Å². The molecule has 0 unspecified atom stereocenters. The van der Waals surface area contributed by atoms with E-state index in [0.717, 1.165) is 12.1 Å². The highest BCUT2D eigenvalue weighted by Gasteiger charge is 2.46. The van der Waals surface area contributed by atoms with E-state index in [1.807, 2.05) is 6.07 Å². The Labute approximate surface area is 215 Å². The van der Waals surface area contributed by atoms with E-state index in [-0.39, 0.29) is 23.5 Å². The van der Waals surface area contributed by atoms with Crippen LogP contribution in [0.4, 0.5) is 19.0 Å². The zero-order valence-electron chi connectivity index (χ0n) is 20.6. The average molecular weight is 554 g/mol. The molecule has 0 aliphatic rings. The van der Waals surface area contributed by atoms with Crippen LogP contribution in [0.1, 0.15) is 37.9 Å². The number of nitrogens with two attached hydrogens (primary N) is 1. The van der Waals surface area contributed by atoms with Crippen LogP contribution in [-0.2, 0) is 20.6 Å². The number of carboxylic acids is 1. The van der Waals surface area contributed by atoms with E-state index in [0.29, 0.717) is 11.2 Å². The fourth-order valence-electron chi connectivity index (χ4n) is 3.49. The van der Waals surface area contributed by atoms with Crippen molar-refractivity contribution in [2.45, 2.75) is 51.2 Å². The third kappa shape index (κ3) is 6.84. The van der Waals surface area contributed by atoms with Crippen molar-refractivity contribution < 1.29 is 32.4 Å². The number of alkyl halides is 3. The summed E-state index contributed by atoms with van der Waals surface area (Å²) >= 11 is 0. The predicted octanol–water partition coefficient (Wildman–Crippen LogP) is 3.18. The first-order valence-electron chi connectivity index (χ1n) is 11.1. The molecule has 1 aromatic carbocycles. The molecule has 0 saturated heterocycles. The number of nitrogen functional groups attached to an aromatic ring is 1. The average Bonchev–Trinajstić information content (AvgIpc) is 3.24. The number of imidazole rings is 1. The smallest absolute Gasteiger partial charge is 0.408 e. The fraction of sp³-hybridized carbons (Fsp3) is 0.409. The molecule has 38 heavy (non-hydrogen) atoms. The van der Waals surface area contributed by atoms with Crippen LogP contribution in [0.25, 0.3) is 11.2 Å². The highest BCUT2D eigenvalue weighted by Crippen LogP contribution is 2.46. The minimum Gasteiger partial charge on any atom is -0.480 e. The molecule has 2 aromatic heterocycles. The highest BCUT2D eigenvalue weighted by atomic mass is 31.2. The first-order chi connectivity index (χ1) is 17.6. The Morgan fingerprint density at radius 3 is 2.50 bits per heavy atom. The number of aliphatic carboxylic acids is 1. The van der Waals surface area contributed by atoms with Gasteiger partial charge in [0.25, 0.3) is 0 Å². The third-order valence-corrected chi connectivity index (χ3v) is 7.57. The second-order valence-electron chi connectivity index (χ2n) is 9.05. The summed E-state index contributed by atoms with van der Waals surface area (Å²) in [6.45, 7) is 4.04. The van der Waals surface area contributed by atoms with Gasteiger partial charge < -0.3 is 20.1 Å². The van der Waals surface area contributed by atoms with Crippen molar-refractivity contribution in [3.05, 3.63) is 48.0 Å². The van der Waals surface area contributed by atoms with Gasteiger partial charge >= 0.3 is 12.1 Å². The van der Waals surface area contributed by atoms with Crippen molar-refractivity contribution >= 4 is 30.4 Å². The van der Waals surface area contributed by atoms with Gasteiger partial charge in [-0.1, -0.05) is 12.1 Å². The number of hydrogen-bond donors (Lipinski definition) is 4. The first kappa shape index (κ1) is 29.0. The summed E-state index contributed by atoms with van der Waals surface area (Å²) in [7, 11) is -4.39. The molecule has 0 spiro atoms. The summed E-state index contributed by atoms with van der Waals surface area (Å²) < 4.78 is 63.3. The molecule has 204 valence electrons. The summed E-state index contributed by atoms with van der Waals surface area (Å²) in [5.41, 5.74) is 4.48. The lowest BCUT2D eigenvalue weighted by molar-refractivity contribution is -0.153. The van der Waals surface area contributed by atoms with E-state index in [1.54, 1.807) is 11.5 Å².